The molecule has 5 aliphatic rings. The minimum Gasteiger partial charge on any atom is -0.366 e. The summed E-state index contributed by atoms with van der Waals surface area (Å²) in [6, 6.07) is 0.438. The molecule has 0 amide bonds. The van der Waals surface area contributed by atoms with Crippen molar-refractivity contribution < 1.29 is 9.53 Å². The highest BCUT2D eigenvalue weighted by Crippen LogP contribution is 2.64. The minimum absolute atomic E-state index is 0.0703. The van der Waals surface area contributed by atoms with Crippen molar-refractivity contribution in [2.45, 2.75) is 110 Å². The van der Waals surface area contributed by atoms with Crippen molar-refractivity contribution in [2.24, 2.45) is 29.1 Å². The Hall–Kier alpha value is -0.930. The van der Waals surface area contributed by atoms with Gasteiger partial charge in [0.05, 0.1) is 11.7 Å². The van der Waals surface area contributed by atoms with E-state index in [4.69, 9.17) is 4.74 Å². The zero-order chi connectivity index (χ0) is 22.0. The molecule has 0 aromatic heterocycles. The first kappa shape index (κ1) is 21.9. The lowest BCUT2D eigenvalue weighted by Crippen LogP contribution is -2.52. The number of ketones is 1. The van der Waals surface area contributed by atoms with Gasteiger partial charge in [0.15, 0.2) is 5.78 Å². The predicted molar refractivity (Wildman–Crippen MR) is 126 cm³/mol. The van der Waals surface area contributed by atoms with Crippen LogP contribution in [0.4, 0.5) is 0 Å². The van der Waals surface area contributed by atoms with Crippen LogP contribution in [0.5, 0.6) is 0 Å². The zero-order valence-corrected chi connectivity index (χ0v) is 20.4. The van der Waals surface area contributed by atoms with E-state index in [0.29, 0.717) is 23.8 Å². The zero-order valence-electron chi connectivity index (χ0n) is 20.4. The van der Waals surface area contributed by atoms with Crippen molar-refractivity contribution in [1.82, 2.24) is 5.32 Å². The van der Waals surface area contributed by atoms with E-state index in [9.17, 15) is 4.79 Å². The Morgan fingerprint density at radius 1 is 1.19 bits per heavy atom. The van der Waals surface area contributed by atoms with Gasteiger partial charge in [-0.3, -0.25) is 4.79 Å². The van der Waals surface area contributed by atoms with Crippen LogP contribution in [-0.2, 0) is 9.53 Å². The van der Waals surface area contributed by atoms with E-state index in [1.165, 1.54) is 37.7 Å². The van der Waals surface area contributed by atoms with Gasteiger partial charge < -0.3 is 10.1 Å². The monoisotopic (exact) mass is 425 g/mol. The highest BCUT2D eigenvalue weighted by molar-refractivity contribution is 5.91. The molecule has 8 atom stereocenters. The van der Waals surface area contributed by atoms with Crippen molar-refractivity contribution >= 4 is 5.78 Å². The van der Waals surface area contributed by atoms with Crippen molar-refractivity contribution in [1.29, 1.82) is 0 Å². The van der Waals surface area contributed by atoms with Crippen LogP contribution in [0.15, 0.2) is 22.8 Å². The summed E-state index contributed by atoms with van der Waals surface area (Å²) >= 11 is 0. The summed E-state index contributed by atoms with van der Waals surface area (Å²) < 4.78 is 7.10. The maximum Gasteiger partial charge on any atom is 0.155 e. The second-order valence-corrected chi connectivity index (χ2v) is 11.9. The third kappa shape index (κ3) is 3.41. The second kappa shape index (κ2) is 7.83. The predicted octanol–water partition coefficient (Wildman–Crippen LogP) is 5.99. The van der Waals surface area contributed by atoms with Gasteiger partial charge in [0.1, 0.15) is 0 Å². The third-order valence-electron chi connectivity index (χ3n) is 10.4. The SMILES string of the molecule is CC[C@]1(O[C@@H]2C[C@H](C)CN[C@H]2C)CC[C@@H]2C(=C1C)C[C@H]1[C@H]2CCC2=CC(=O)CC[C@@]21C. The summed E-state index contributed by atoms with van der Waals surface area (Å²) in [4.78, 5) is 12.1. The molecule has 2 saturated carbocycles. The summed E-state index contributed by atoms with van der Waals surface area (Å²) in [6.07, 6.45) is 12.6. The lowest BCUT2D eigenvalue weighted by Gasteiger charge is -2.49. The number of piperidine rings is 1. The number of hydrogen-bond acceptors (Lipinski definition) is 3. The van der Waals surface area contributed by atoms with Gasteiger partial charge in [0.25, 0.3) is 0 Å². The standard InChI is InChI=1S/C28H43NO2/c1-6-28(31-26-13-17(2)16-29-19(26)4)12-10-22-23-8-7-20-14-21(30)9-11-27(20,5)25(23)15-24(22)18(28)3/h14,17,19,22-23,25-26,29H,6-13,15-16H2,1-5H3/t17-,19-,22-,23-,25-,26+,27-,28-/m0/s1. The number of nitrogens with one attached hydrogen (secondary N) is 1. The second-order valence-electron chi connectivity index (χ2n) is 11.9. The van der Waals surface area contributed by atoms with Crippen LogP contribution in [0.1, 0.15) is 92.4 Å². The van der Waals surface area contributed by atoms with E-state index in [1.807, 2.05) is 6.08 Å². The largest absolute Gasteiger partial charge is 0.366 e. The number of rotatable bonds is 3. The third-order valence-corrected chi connectivity index (χ3v) is 10.4. The van der Waals surface area contributed by atoms with Gasteiger partial charge in [-0.15, -0.1) is 0 Å². The van der Waals surface area contributed by atoms with E-state index < -0.39 is 0 Å². The summed E-state index contributed by atoms with van der Waals surface area (Å²) in [5, 5.41) is 3.68. The molecule has 3 fully saturated rings. The molecule has 172 valence electrons. The average Bonchev–Trinajstić information content (AvgIpc) is 3.14. The van der Waals surface area contributed by atoms with E-state index in [2.05, 4.69) is 39.9 Å². The molecule has 1 aliphatic heterocycles. The molecule has 3 nitrogen and oxygen atoms in total. The van der Waals surface area contributed by atoms with Gasteiger partial charge in [0.2, 0.25) is 0 Å². The summed E-state index contributed by atoms with van der Waals surface area (Å²) in [6.45, 7) is 13.0. The number of ether oxygens (including phenoxy) is 1. The molecule has 0 aromatic rings. The molecule has 1 heterocycles. The Labute approximate surface area is 189 Å². The topological polar surface area (TPSA) is 38.3 Å². The molecule has 31 heavy (non-hydrogen) atoms. The molecule has 0 radical (unpaired) electrons. The number of carbonyl (C=O) groups excluding carboxylic acids is 1. The van der Waals surface area contributed by atoms with Gasteiger partial charge in [0, 0.05) is 12.5 Å². The number of fused-ring (bicyclic) bond motifs is 5. The van der Waals surface area contributed by atoms with Gasteiger partial charge >= 0.3 is 0 Å². The fourth-order valence-electron chi connectivity index (χ4n) is 8.26. The van der Waals surface area contributed by atoms with E-state index in [1.54, 1.807) is 11.1 Å². The Bertz CT molecular complexity index is 812. The van der Waals surface area contributed by atoms with E-state index >= 15 is 0 Å². The molecule has 1 N–H and O–H groups in total. The highest BCUT2D eigenvalue weighted by Gasteiger charge is 2.56. The maximum atomic E-state index is 12.1. The number of allylic oxidation sites excluding steroid dienone is 3. The van der Waals surface area contributed by atoms with Crippen LogP contribution < -0.4 is 5.32 Å². The summed E-state index contributed by atoms with van der Waals surface area (Å²) in [5.74, 6) is 3.33. The summed E-state index contributed by atoms with van der Waals surface area (Å²) in [5.41, 5.74) is 4.96. The number of hydrogen-bond donors (Lipinski definition) is 1. The first-order valence-electron chi connectivity index (χ1n) is 13.1. The first-order chi connectivity index (χ1) is 14.8. The fourth-order valence-corrected chi connectivity index (χ4v) is 8.26. The smallest absolute Gasteiger partial charge is 0.155 e. The van der Waals surface area contributed by atoms with Crippen molar-refractivity contribution in [3.63, 3.8) is 0 Å². The van der Waals surface area contributed by atoms with Crippen LogP contribution in [0.25, 0.3) is 0 Å². The minimum atomic E-state index is -0.0703. The molecular weight excluding hydrogens is 382 g/mol. The van der Waals surface area contributed by atoms with Crippen LogP contribution in [0, 0.1) is 29.1 Å². The first-order valence-corrected chi connectivity index (χ1v) is 13.1. The lowest BCUT2D eigenvalue weighted by atomic mass is 9.56. The van der Waals surface area contributed by atoms with Crippen LogP contribution in [-0.4, -0.2) is 30.1 Å². The normalized spacial score (nSPS) is 47.5. The van der Waals surface area contributed by atoms with Gasteiger partial charge in [-0.25, -0.2) is 0 Å². The Kier molecular flexibility index (Phi) is 5.53. The molecule has 3 heteroatoms. The fraction of sp³-hybridized carbons (Fsp3) is 0.821. The molecule has 4 aliphatic carbocycles. The Morgan fingerprint density at radius 3 is 2.77 bits per heavy atom. The molecule has 0 aromatic carbocycles. The molecular formula is C28H43NO2. The van der Waals surface area contributed by atoms with Gasteiger partial charge in [-0.2, -0.15) is 0 Å². The van der Waals surface area contributed by atoms with Gasteiger partial charge in [-0.1, -0.05) is 31.9 Å². The van der Waals surface area contributed by atoms with Crippen molar-refractivity contribution in [3.8, 4) is 0 Å². The summed E-state index contributed by atoms with van der Waals surface area (Å²) in [7, 11) is 0. The van der Waals surface area contributed by atoms with Crippen LogP contribution in [0.2, 0.25) is 0 Å². The maximum absolute atomic E-state index is 12.1. The van der Waals surface area contributed by atoms with Crippen molar-refractivity contribution in [3.05, 3.63) is 22.8 Å². The lowest BCUT2D eigenvalue weighted by molar-refractivity contribution is -0.116. The van der Waals surface area contributed by atoms with Crippen molar-refractivity contribution in [2.75, 3.05) is 6.54 Å². The molecule has 0 unspecified atom stereocenters. The highest BCUT2D eigenvalue weighted by atomic mass is 16.5. The molecule has 5 rings (SSSR count). The van der Waals surface area contributed by atoms with Gasteiger partial charge in [-0.05, 0) is 112 Å². The Balaban J connectivity index is 1.45. The van der Waals surface area contributed by atoms with E-state index in [-0.39, 0.29) is 11.0 Å². The molecule has 1 saturated heterocycles. The Morgan fingerprint density at radius 2 is 2.00 bits per heavy atom. The average molecular weight is 426 g/mol. The molecule has 0 spiro atoms. The van der Waals surface area contributed by atoms with E-state index in [0.717, 1.165) is 50.0 Å². The molecule has 0 bridgehead atoms. The quantitative estimate of drug-likeness (QED) is 0.564. The van der Waals surface area contributed by atoms with Crippen LogP contribution >= 0.6 is 0 Å². The number of carbonyl (C=O) groups is 1. The van der Waals surface area contributed by atoms with Crippen LogP contribution in [0.3, 0.4) is 0 Å².